The second-order valence-corrected chi connectivity index (χ2v) is 7.56. The predicted molar refractivity (Wildman–Crippen MR) is 108 cm³/mol. The zero-order chi connectivity index (χ0) is 20.1. The quantitative estimate of drug-likeness (QED) is 0.630. The summed E-state index contributed by atoms with van der Waals surface area (Å²) in [6, 6.07) is 7.50. The number of nitrogens with one attached hydrogen (secondary N) is 1. The average Bonchev–Trinajstić information content (AvgIpc) is 3.46. The fraction of sp³-hybridized carbons (Fsp3) is 0.429. The van der Waals surface area contributed by atoms with Crippen molar-refractivity contribution < 1.29 is 23.8 Å². The normalized spacial score (nSPS) is 14.4. The van der Waals surface area contributed by atoms with Gasteiger partial charge in [-0.1, -0.05) is 12.1 Å². The van der Waals surface area contributed by atoms with Gasteiger partial charge in [-0.3, -0.25) is 4.79 Å². The molecule has 1 aliphatic carbocycles. The van der Waals surface area contributed by atoms with Crippen LogP contribution in [0.15, 0.2) is 29.6 Å². The van der Waals surface area contributed by atoms with Crippen LogP contribution in [-0.2, 0) is 20.9 Å². The maximum Gasteiger partial charge on any atom is 0.341 e. The lowest BCUT2D eigenvalue weighted by atomic mass is 10.1. The Hall–Kier alpha value is -2.38. The molecule has 1 aromatic heterocycles. The Morgan fingerprint density at radius 1 is 1.32 bits per heavy atom. The Labute approximate surface area is 168 Å². The minimum absolute atomic E-state index is 0.286. The highest BCUT2D eigenvalue weighted by atomic mass is 32.1. The average molecular weight is 404 g/mol. The molecule has 1 atom stereocenters. The van der Waals surface area contributed by atoms with Gasteiger partial charge in [0.15, 0.2) is 0 Å². The highest BCUT2D eigenvalue weighted by molar-refractivity contribution is 7.15. The molecule has 0 spiro atoms. The van der Waals surface area contributed by atoms with E-state index in [0.717, 1.165) is 29.7 Å². The lowest BCUT2D eigenvalue weighted by Crippen LogP contribution is -2.28. The number of thiophene rings is 1. The zero-order valence-corrected chi connectivity index (χ0v) is 17.1. The zero-order valence-electron chi connectivity index (χ0n) is 16.3. The highest BCUT2D eigenvalue weighted by Gasteiger charge is 2.32. The molecule has 0 bridgehead atoms. The molecule has 0 aliphatic heterocycles. The number of carbonyl (C=O) groups is 2. The van der Waals surface area contributed by atoms with E-state index in [4.69, 9.17) is 14.2 Å². The molecule has 1 heterocycles. The van der Waals surface area contributed by atoms with Crippen molar-refractivity contribution in [2.45, 2.75) is 45.3 Å². The molecule has 0 saturated heterocycles. The Morgan fingerprint density at radius 2 is 2.11 bits per heavy atom. The molecule has 2 aromatic rings. The van der Waals surface area contributed by atoms with Crippen LogP contribution in [0.2, 0.25) is 0 Å². The maximum absolute atomic E-state index is 12.6. The molecular formula is C21H25NO5S. The largest absolute Gasteiger partial charge is 0.497 e. The topological polar surface area (TPSA) is 73.9 Å². The number of esters is 1. The molecule has 0 radical (unpaired) electrons. The fourth-order valence-electron chi connectivity index (χ4n) is 2.84. The summed E-state index contributed by atoms with van der Waals surface area (Å²) in [7, 11) is 1.61. The van der Waals surface area contributed by atoms with Gasteiger partial charge in [0.05, 0.1) is 25.9 Å². The Kier molecular flexibility index (Phi) is 6.70. The molecule has 1 amide bonds. The Balaban J connectivity index is 1.64. The van der Waals surface area contributed by atoms with Crippen LogP contribution in [-0.4, -0.2) is 31.7 Å². The first-order valence-corrected chi connectivity index (χ1v) is 10.2. The second-order valence-electron chi connectivity index (χ2n) is 6.68. The van der Waals surface area contributed by atoms with Crippen molar-refractivity contribution in [3.8, 4) is 5.75 Å². The number of carbonyl (C=O) groups excluding carboxylic acids is 2. The molecular weight excluding hydrogens is 378 g/mol. The van der Waals surface area contributed by atoms with Gasteiger partial charge < -0.3 is 19.5 Å². The van der Waals surface area contributed by atoms with Crippen molar-refractivity contribution in [1.29, 1.82) is 0 Å². The van der Waals surface area contributed by atoms with Crippen LogP contribution < -0.4 is 10.1 Å². The van der Waals surface area contributed by atoms with E-state index in [2.05, 4.69) is 5.32 Å². The van der Waals surface area contributed by atoms with Gasteiger partial charge >= 0.3 is 5.97 Å². The second kappa shape index (κ2) is 9.21. The van der Waals surface area contributed by atoms with Crippen LogP contribution in [0.4, 0.5) is 5.00 Å². The van der Waals surface area contributed by atoms with Gasteiger partial charge in [-0.05, 0) is 61.2 Å². The number of benzene rings is 1. The monoisotopic (exact) mass is 403 g/mol. The lowest BCUT2D eigenvalue weighted by Gasteiger charge is -2.14. The number of amides is 1. The smallest absolute Gasteiger partial charge is 0.341 e. The predicted octanol–water partition coefficient (Wildman–Crippen LogP) is 4.35. The van der Waals surface area contributed by atoms with Gasteiger partial charge in [-0.25, -0.2) is 4.79 Å². The summed E-state index contributed by atoms with van der Waals surface area (Å²) in [6.45, 7) is 4.04. The lowest BCUT2D eigenvalue weighted by molar-refractivity contribution is -0.127. The Morgan fingerprint density at radius 3 is 2.79 bits per heavy atom. The van der Waals surface area contributed by atoms with Crippen LogP contribution in [0, 0.1) is 0 Å². The molecule has 7 heteroatoms. The highest BCUT2D eigenvalue weighted by Crippen LogP contribution is 2.46. The van der Waals surface area contributed by atoms with Crippen molar-refractivity contribution in [2.75, 3.05) is 19.0 Å². The van der Waals surface area contributed by atoms with Gasteiger partial charge in [-0.15, -0.1) is 11.3 Å². The van der Waals surface area contributed by atoms with Gasteiger partial charge in [0, 0.05) is 0 Å². The van der Waals surface area contributed by atoms with Crippen molar-refractivity contribution in [1.82, 2.24) is 0 Å². The third-order valence-corrected chi connectivity index (χ3v) is 5.47. The summed E-state index contributed by atoms with van der Waals surface area (Å²) in [5.74, 6) is 0.454. The molecule has 28 heavy (non-hydrogen) atoms. The summed E-state index contributed by atoms with van der Waals surface area (Å²) in [5, 5.41) is 5.32. The van der Waals surface area contributed by atoms with E-state index in [1.54, 1.807) is 21.0 Å². The molecule has 1 unspecified atom stereocenters. The first-order chi connectivity index (χ1) is 13.5. The molecule has 3 rings (SSSR count). The number of hydrogen-bond acceptors (Lipinski definition) is 6. The molecule has 1 aromatic carbocycles. The molecule has 1 N–H and O–H groups in total. The van der Waals surface area contributed by atoms with E-state index in [-0.39, 0.29) is 18.5 Å². The van der Waals surface area contributed by atoms with Crippen molar-refractivity contribution in [2.24, 2.45) is 0 Å². The summed E-state index contributed by atoms with van der Waals surface area (Å²) in [4.78, 5) is 25.0. The number of rotatable bonds is 9. The Bertz CT molecular complexity index is 843. The summed E-state index contributed by atoms with van der Waals surface area (Å²) < 4.78 is 16.1. The minimum Gasteiger partial charge on any atom is -0.497 e. The number of ether oxygens (including phenoxy) is 3. The van der Waals surface area contributed by atoms with Crippen molar-refractivity contribution in [3.05, 3.63) is 46.3 Å². The van der Waals surface area contributed by atoms with Crippen molar-refractivity contribution >= 4 is 28.2 Å². The molecule has 6 nitrogen and oxygen atoms in total. The van der Waals surface area contributed by atoms with E-state index in [1.807, 2.05) is 29.6 Å². The third-order valence-electron chi connectivity index (χ3n) is 4.56. The number of anilines is 1. The van der Waals surface area contributed by atoms with E-state index >= 15 is 0 Å². The van der Waals surface area contributed by atoms with Crippen molar-refractivity contribution in [3.63, 3.8) is 0 Å². The van der Waals surface area contributed by atoms with Crippen LogP contribution in [0.25, 0.3) is 0 Å². The van der Waals surface area contributed by atoms with E-state index in [0.29, 0.717) is 23.1 Å². The van der Waals surface area contributed by atoms with Gasteiger partial charge in [0.25, 0.3) is 5.91 Å². The molecule has 150 valence electrons. The van der Waals surface area contributed by atoms with Gasteiger partial charge in [0.1, 0.15) is 16.9 Å². The first-order valence-electron chi connectivity index (χ1n) is 9.37. The first kappa shape index (κ1) is 20.4. The van der Waals surface area contributed by atoms with E-state index in [9.17, 15) is 9.59 Å². The van der Waals surface area contributed by atoms with Gasteiger partial charge in [0.2, 0.25) is 0 Å². The van der Waals surface area contributed by atoms with Crippen LogP contribution >= 0.6 is 11.3 Å². The number of hydrogen-bond donors (Lipinski definition) is 1. The molecule has 1 fully saturated rings. The van der Waals surface area contributed by atoms with E-state index < -0.39 is 6.10 Å². The molecule has 1 saturated carbocycles. The molecule has 1 aliphatic rings. The maximum atomic E-state index is 12.6. The van der Waals surface area contributed by atoms with Gasteiger partial charge in [-0.2, -0.15) is 0 Å². The summed E-state index contributed by atoms with van der Waals surface area (Å²) in [5.41, 5.74) is 2.38. The van der Waals surface area contributed by atoms with Crippen LogP contribution in [0.3, 0.4) is 0 Å². The summed E-state index contributed by atoms with van der Waals surface area (Å²) in [6.07, 6.45) is 1.46. The summed E-state index contributed by atoms with van der Waals surface area (Å²) >= 11 is 1.36. The number of methoxy groups -OCH3 is 1. The van der Waals surface area contributed by atoms with Crippen LogP contribution in [0.1, 0.15) is 54.1 Å². The standard InChI is InChI=1S/C21H25NO5S/c1-4-26-21(24)18-17(15-8-9-15)12-28-20(18)22-19(23)13(2)27-11-14-6-5-7-16(10-14)25-3/h5-7,10,12-13,15H,4,8-9,11H2,1-3H3,(H,22,23). The van der Waals surface area contributed by atoms with E-state index in [1.165, 1.54) is 11.3 Å². The van der Waals surface area contributed by atoms with Crippen LogP contribution in [0.5, 0.6) is 5.75 Å². The minimum atomic E-state index is -0.673. The fourth-order valence-corrected chi connectivity index (χ4v) is 3.88. The third kappa shape index (κ3) is 4.91. The SMILES string of the molecule is CCOC(=O)c1c(C2CC2)csc1NC(=O)C(C)OCc1cccc(OC)c1.